The predicted molar refractivity (Wildman–Crippen MR) is 114 cm³/mol. The van der Waals surface area contributed by atoms with Crippen LogP contribution in [0.4, 0.5) is 5.69 Å². The highest BCUT2D eigenvalue weighted by Crippen LogP contribution is 2.21. The average Bonchev–Trinajstić information content (AvgIpc) is 3.29. The summed E-state index contributed by atoms with van der Waals surface area (Å²) in [6.07, 6.45) is 4.45. The van der Waals surface area contributed by atoms with Gasteiger partial charge in [0.05, 0.1) is 0 Å². The number of carbonyl (C=O) groups is 1. The quantitative estimate of drug-likeness (QED) is 0.470. The third-order valence-electron chi connectivity index (χ3n) is 4.26. The Morgan fingerprint density at radius 3 is 2.60 bits per heavy atom. The highest BCUT2D eigenvalue weighted by molar-refractivity contribution is 6.30. The van der Waals surface area contributed by atoms with Gasteiger partial charge in [0.1, 0.15) is 5.75 Å². The Morgan fingerprint density at radius 2 is 1.90 bits per heavy atom. The van der Waals surface area contributed by atoms with Crippen LogP contribution in [0.3, 0.4) is 0 Å². The number of amides is 1. The third-order valence-corrected chi connectivity index (χ3v) is 4.49. The molecule has 0 bridgehead atoms. The van der Waals surface area contributed by atoms with Crippen molar-refractivity contribution in [2.45, 2.75) is 12.8 Å². The molecule has 150 valence electrons. The first-order chi connectivity index (χ1) is 14.7. The first kappa shape index (κ1) is 19.6. The molecule has 7 nitrogen and oxygen atoms in total. The van der Waals surface area contributed by atoms with E-state index in [4.69, 9.17) is 16.3 Å². The molecule has 2 heterocycles. The van der Waals surface area contributed by atoms with Crippen molar-refractivity contribution in [3.63, 3.8) is 0 Å². The van der Waals surface area contributed by atoms with E-state index < -0.39 is 0 Å². The lowest BCUT2D eigenvalue weighted by atomic mass is 10.1. The Labute approximate surface area is 178 Å². The van der Waals surface area contributed by atoms with Crippen LogP contribution in [0.25, 0.3) is 5.82 Å². The van der Waals surface area contributed by atoms with E-state index in [9.17, 15) is 4.79 Å². The number of carbonyl (C=O) groups excluding carboxylic acids is 1. The van der Waals surface area contributed by atoms with E-state index in [1.165, 1.54) is 0 Å². The van der Waals surface area contributed by atoms with Gasteiger partial charge in [0.15, 0.2) is 5.82 Å². The van der Waals surface area contributed by atoms with Crippen LogP contribution in [0.1, 0.15) is 12.0 Å². The van der Waals surface area contributed by atoms with Gasteiger partial charge in [0.25, 0.3) is 0 Å². The first-order valence-corrected chi connectivity index (χ1v) is 9.69. The Morgan fingerprint density at radius 1 is 1.03 bits per heavy atom. The van der Waals surface area contributed by atoms with E-state index in [2.05, 4.69) is 20.6 Å². The Hall–Kier alpha value is -3.71. The molecule has 4 rings (SSSR count). The Bertz CT molecular complexity index is 1110. The molecular formula is C22H18ClN5O2. The third kappa shape index (κ3) is 5.21. The van der Waals surface area contributed by atoms with E-state index in [1.807, 2.05) is 30.3 Å². The van der Waals surface area contributed by atoms with Crippen LogP contribution in [0.2, 0.25) is 5.02 Å². The van der Waals surface area contributed by atoms with Gasteiger partial charge < -0.3 is 10.1 Å². The lowest BCUT2D eigenvalue weighted by molar-refractivity contribution is -0.116. The molecule has 0 aliphatic heterocycles. The predicted octanol–water partition coefficient (Wildman–Crippen LogP) is 4.68. The van der Waals surface area contributed by atoms with Gasteiger partial charge in [-0.25, -0.2) is 4.68 Å². The van der Waals surface area contributed by atoms with Gasteiger partial charge in [0, 0.05) is 35.6 Å². The molecule has 8 heteroatoms. The summed E-state index contributed by atoms with van der Waals surface area (Å²) in [5.41, 5.74) is 1.72. The Kier molecular flexibility index (Phi) is 6.01. The van der Waals surface area contributed by atoms with Crippen molar-refractivity contribution >= 4 is 23.2 Å². The van der Waals surface area contributed by atoms with Gasteiger partial charge in [0.2, 0.25) is 11.8 Å². The number of aromatic nitrogens is 4. The normalized spacial score (nSPS) is 10.6. The molecule has 2 aromatic carbocycles. The average molecular weight is 420 g/mol. The zero-order chi connectivity index (χ0) is 20.8. The number of rotatable bonds is 7. The van der Waals surface area contributed by atoms with Gasteiger partial charge in [-0.1, -0.05) is 23.7 Å². The lowest BCUT2D eigenvalue weighted by Crippen LogP contribution is -2.12. The number of benzene rings is 2. The minimum Gasteiger partial charge on any atom is -0.438 e. The number of nitrogens with zero attached hydrogens (tertiary/aromatic N) is 4. The number of halogens is 1. The number of hydrogen-bond acceptors (Lipinski definition) is 5. The number of hydrogen-bond donors (Lipinski definition) is 1. The summed E-state index contributed by atoms with van der Waals surface area (Å²) in [5.74, 6) is 1.49. The van der Waals surface area contributed by atoms with Crippen molar-refractivity contribution in [2.24, 2.45) is 0 Å². The van der Waals surface area contributed by atoms with E-state index in [1.54, 1.807) is 53.5 Å². The monoisotopic (exact) mass is 419 g/mol. The molecule has 0 aliphatic carbocycles. The van der Waals surface area contributed by atoms with Gasteiger partial charge in [-0.2, -0.15) is 5.10 Å². The molecular weight excluding hydrogens is 402 g/mol. The van der Waals surface area contributed by atoms with Crippen molar-refractivity contribution in [1.29, 1.82) is 0 Å². The van der Waals surface area contributed by atoms with Gasteiger partial charge in [-0.05, 0) is 60.5 Å². The van der Waals surface area contributed by atoms with Crippen LogP contribution in [0.15, 0.2) is 79.1 Å². The fourth-order valence-corrected chi connectivity index (χ4v) is 3.01. The molecule has 0 saturated heterocycles. The fourth-order valence-electron chi connectivity index (χ4n) is 2.79. The van der Waals surface area contributed by atoms with Crippen molar-refractivity contribution in [3.05, 3.63) is 89.7 Å². The minimum absolute atomic E-state index is 0.0660. The van der Waals surface area contributed by atoms with Crippen molar-refractivity contribution in [2.75, 3.05) is 5.32 Å². The van der Waals surface area contributed by atoms with E-state index in [-0.39, 0.29) is 5.91 Å². The second kappa shape index (κ2) is 9.19. The molecule has 0 fully saturated rings. The molecule has 0 spiro atoms. The molecule has 30 heavy (non-hydrogen) atoms. The van der Waals surface area contributed by atoms with Gasteiger partial charge in [-0.3, -0.25) is 4.79 Å². The van der Waals surface area contributed by atoms with E-state index in [0.29, 0.717) is 41.0 Å². The molecule has 1 N–H and O–H groups in total. The molecule has 0 atom stereocenters. The Balaban J connectivity index is 1.30. The number of ether oxygens (including phenoxy) is 1. The van der Waals surface area contributed by atoms with E-state index in [0.717, 1.165) is 5.56 Å². The zero-order valence-electron chi connectivity index (χ0n) is 15.9. The molecule has 0 unspecified atom stereocenters. The SMILES string of the molecule is O=C(CCc1cccc(Cl)c1)Nc1ccc(Oc2ccc(-n3cccn3)nn2)cc1. The number of nitrogens with one attached hydrogen (secondary N) is 1. The number of aryl methyl sites for hydroxylation is 1. The lowest BCUT2D eigenvalue weighted by Gasteiger charge is -2.08. The van der Waals surface area contributed by atoms with Crippen molar-refractivity contribution in [1.82, 2.24) is 20.0 Å². The largest absolute Gasteiger partial charge is 0.438 e. The highest BCUT2D eigenvalue weighted by atomic mass is 35.5. The zero-order valence-corrected chi connectivity index (χ0v) is 16.7. The van der Waals surface area contributed by atoms with Crippen LogP contribution in [0, 0.1) is 0 Å². The maximum atomic E-state index is 12.2. The van der Waals surface area contributed by atoms with Crippen LogP contribution >= 0.6 is 11.6 Å². The molecule has 1 amide bonds. The molecule has 0 saturated carbocycles. The van der Waals surface area contributed by atoms with E-state index >= 15 is 0 Å². The maximum absolute atomic E-state index is 12.2. The second-order valence-corrected chi connectivity index (χ2v) is 6.92. The summed E-state index contributed by atoms with van der Waals surface area (Å²) in [7, 11) is 0. The smallest absolute Gasteiger partial charge is 0.238 e. The summed E-state index contributed by atoms with van der Waals surface area (Å²) < 4.78 is 7.31. The first-order valence-electron chi connectivity index (χ1n) is 9.32. The van der Waals surface area contributed by atoms with Crippen molar-refractivity contribution < 1.29 is 9.53 Å². The maximum Gasteiger partial charge on any atom is 0.238 e. The summed E-state index contributed by atoms with van der Waals surface area (Å²) in [6, 6.07) is 19.9. The van der Waals surface area contributed by atoms with Gasteiger partial charge >= 0.3 is 0 Å². The minimum atomic E-state index is -0.0660. The van der Waals surface area contributed by atoms with Crippen LogP contribution < -0.4 is 10.1 Å². The summed E-state index contributed by atoms with van der Waals surface area (Å²) in [5, 5.41) is 15.8. The summed E-state index contributed by atoms with van der Waals surface area (Å²) in [6.45, 7) is 0. The molecule has 4 aromatic rings. The van der Waals surface area contributed by atoms with Crippen LogP contribution in [-0.2, 0) is 11.2 Å². The van der Waals surface area contributed by atoms with Crippen LogP contribution in [0.5, 0.6) is 11.6 Å². The summed E-state index contributed by atoms with van der Waals surface area (Å²) in [4.78, 5) is 12.2. The second-order valence-electron chi connectivity index (χ2n) is 6.48. The van der Waals surface area contributed by atoms with Gasteiger partial charge in [-0.15, -0.1) is 10.2 Å². The fraction of sp³-hybridized carbons (Fsp3) is 0.0909. The highest BCUT2D eigenvalue weighted by Gasteiger charge is 2.06. The molecule has 0 radical (unpaired) electrons. The van der Waals surface area contributed by atoms with Crippen molar-refractivity contribution in [3.8, 4) is 17.4 Å². The van der Waals surface area contributed by atoms with Crippen LogP contribution in [-0.4, -0.2) is 25.9 Å². The molecule has 0 aliphatic rings. The topological polar surface area (TPSA) is 81.9 Å². The summed E-state index contributed by atoms with van der Waals surface area (Å²) >= 11 is 5.97. The standard InChI is InChI=1S/C22H18ClN5O2/c23-17-4-1-3-16(15-17)5-11-21(29)25-18-6-8-19(9-7-18)30-22-12-10-20(26-27-22)28-14-2-13-24-28/h1-4,6-10,12-15H,5,11H2,(H,25,29). The molecule has 2 aromatic heterocycles. The number of anilines is 1.